The molecule has 2 aromatic rings. The molecule has 7 nitrogen and oxygen atoms in total. The fourth-order valence-corrected chi connectivity index (χ4v) is 5.96. The highest BCUT2D eigenvalue weighted by molar-refractivity contribution is 7.89. The molecule has 1 atom stereocenters. The van der Waals surface area contributed by atoms with Gasteiger partial charge in [-0.3, -0.25) is 9.63 Å². The smallest absolute Gasteiger partial charge is 0.262 e. The summed E-state index contributed by atoms with van der Waals surface area (Å²) >= 11 is 0. The summed E-state index contributed by atoms with van der Waals surface area (Å²) in [4.78, 5) is 19.2. The third kappa shape index (κ3) is 7.78. The van der Waals surface area contributed by atoms with Gasteiger partial charge in [-0.25, -0.2) is 13.9 Å². The average molecular weight is 503 g/mol. The van der Waals surface area contributed by atoms with E-state index in [2.05, 4.69) is 5.48 Å². The average Bonchev–Trinajstić information content (AvgIpc) is 2.85. The van der Waals surface area contributed by atoms with Crippen LogP contribution in [0.4, 0.5) is 0 Å². The summed E-state index contributed by atoms with van der Waals surface area (Å²) < 4.78 is 34.5. The fraction of sp³-hybridized carbons (Fsp3) is 0.519. The van der Waals surface area contributed by atoms with E-state index in [1.807, 2.05) is 51.1 Å². The van der Waals surface area contributed by atoms with Gasteiger partial charge in [0.1, 0.15) is 11.8 Å². The largest absolute Gasteiger partial charge is 0.497 e. The maximum absolute atomic E-state index is 14.0. The van der Waals surface area contributed by atoms with Gasteiger partial charge in [0.2, 0.25) is 10.0 Å². The van der Waals surface area contributed by atoms with E-state index in [4.69, 9.17) is 9.57 Å². The van der Waals surface area contributed by atoms with Gasteiger partial charge in [0.15, 0.2) is 0 Å². The Kier molecular flexibility index (Phi) is 9.33. The number of hydrogen-bond acceptors (Lipinski definition) is 5. The Bertz CT molecular complexity index is 1040. The molecule has 0 unspecified atom stereocenters. The first-order valence-corrected chi connectivity index (χ1v) is 13.7. The van der Waals surface area contributed by atoms with Gasteiger partial charge in [-0.05, 0) is 62.9 Å². The minimum atomic E-state index is -4.01. The Balaban J connectivity index is 2.01. The van der Waals surface area contributed by atoms with Crippen molar-refractivity contribution in [2.75, 3.05) is 7.11 Å². The number of ether oxygens (including phenoxy) is 1. The summed E-state index contributed by atoms with van der Waals surface area (Å²) in [7, 11) is -2.48. The van der Waals surface area contributed by atoms with Crippen molar-refractivity contribution in [1.82, 2.24) is 9.79 Å². The molecule has 2 aromatic carbocycles. The molecule has 0 spiro atoms. The lowest BCUT2D eigenvalue weighted by atomic mass is 9.84. The van der Waals surface area contributed by atoms with Crippen molar-refractivity contribution >= 4 is 15.9 Å². The van der Waals surface area contributed by atoms with Gasteiger partial charge >= 0.3 is 0 Å². The van der Waals surface area contributed by atoms with Crippen molar-refractivity contribution in [3.63, 3.8) is 0 Å². The lowest BCUT2D eigenvalue weighted by Gasteiger charge is -2.34. The molecule has 0 bridgehead atoms. The van der Waals surface area contributed by atoms with Crippen LogP contribution >= 0.6 is 0 Å². The van der Waals surface area contributed by atoms with Gasteiger partial charge in [-0.1, -0.05) is 62.4 Å². The summed E-state index contributed by atoms with van der Waals surface area (Å²) in [5.74, 6) is 0.394. The van der Waals surface area contributed by atoms with Crippen molar-refractivity contribution in [2.45, 2.75) is 82.4 Å². The molecule has 1 N–H and O–H groups in total. The lowest BCUT2D eigenvalue weighted by Crippen LogP contribution is -2.51. The van der Waals surface area contributed by atoms with Gasteiger partial charge < -0.3 is 4.74 Å². The molecule has 3 rings (SSSR count). The molecular formula is C27H38N2O5S. The fourth-order valence-electron chi connectivity index (χ4n) is 4.37. The van der Waals surface area contributed by atoms with Crippen LogP contribution in [-0.2, 0) is 26.2 Å². The first kappa shape index (κ1) is 27.2. The summed E-state index contributed by atoms with van der Waals surface area (Å²) in [6.45, 7) is 5.58. The summed E-state index contributed by atoms with van der Waals surface area (Å²) in [5, 5.41) is 0. The van der Waals surface area contributed by atoms with E-state index < -0.39 is 27.6 Å². The number of carbonyl (C=O) groups excluding carboxylic acids is 1. The van der Waals surface area contributed by atoms with E-state index in [0.717, 1.165) is 31.2 Å². The first-order valence-electron chi connectivity index (χ1n) is 12.3. The highest BCUT2D eigenvalue weighted by Crippen LogP contribution is 2.32. The molecule has 192 valence electrons. The van der Waals surface area contributed by atoms with Crippen LogP contribution < -0.4 is 10.2 Å². The zero-order valence-corrected chi connectivity index (χ0v) is 22.0. The second-order valence-electron chi connectivity index (χ2n) is 10.1. The Morgan fingerprint density at radius 1 is 1.03 bits per heavy atom. The van der Waals surface area contributed by atoms with E-state index in [0.29, 0.717) is 12.2 Å². The molecule has 0 radical (unpaired) electrons. The third-order valence-corrected chi connectivity index (χ3v) is 8.11. The summed E-state index contributed by atoms with van der Waals surface area (Å²) in [6, 6.07) is 14.7. The maximum Gasteiger partial charge on any atom is 0.262 e. The molecule has 0 aromatic heterocycles. The number of nitrogens with zero attached hydrogens (tertiary/aromatic N) is 1. The van der Waals surface area contributed by atoms with Crippen LogP contribution in [0, 0.1) is 5.92 Å². The number of benzene rings is 2. The molecule has 0 aliphatic heterocycles. The topological polar surface area (TPSA) is 84.9 Å². The van der Waals surface area contributed by atoms with Crippen molar-refractivity contribution in [1.29, 1.82) is 0 Å². The number of methoxy groups -OCH3 is 1. The monoisotopic (exact) mass is 502 g/mol. The van der Waals surface area contributed by atoms with Crippen molar-refractivity contribution in [3.05, 3.63) is 60.2 Å². The predicted octanol–water partition coefficient (Wildman–Crippen LogP) is 5.07. The van der Waals surface area contributed by atoms with Gasteiger partial charge in [0, 0.05) is 6.54 Å². The van der Waals surface area contributed by atoms with E-state index >= 15 is 0 Å². The lowest BCUT2D eigenvalue weighted by molar-refractivity contribution is -0.150. The van der Waals surface area contributed by atoms with Crippen molar-refractivity contribution in [2.24, 2.45) is 5.92 Å². The molecule has 1 saturated carbocycles. The van der Waals surface area contributed by atoms with Crippen LogP contribution in [-0.4, -0.2) is 37.4 Å². The second kappa shape index (κ2) is 12.0. The molecule has 1 aliphatic carbocycles. The normalized spacial score (nSPS) is 16.1. The number of hydroxylamine groups is 1. The minimum absolute atomic E-state index is 0.0789. The SMILES string of the molecule is COc1ccc(S(=O)(=O)N(Cc2ccccc2)[C@H](CC2CCCCC2)C(=O)NOC(C)(C)C)cc1. The molecular weight excluding hydrogens is 464 g/mol. The van der Waals surface area contributed by atoms with Crippen LogP contribution in [0.25, 0.3) is 0 Å². The summed E-state index contributed by atoms with van der Waals surface area (Å²) in [5.41, 5.74) is 2.76. The van der Waals surface area contributed by atoms with Crippen LogP contribution in [0.15, 0.2) is 59.5 Å². The molecule has 8 heteroatoms. The van der Waals surface area contributed by atoms with Gasteiger partial charge in [-0.2, -0.15) is 4.31 Å². The highest BCUT2D eigenvalue weighted by atomic mass is 32.2. The van der Waals surface area contributed by atoms with Crippen LogP contribution in [0.5, 0.6) is 5.75 Å². The Labute approximate surface area is 209 Å². The zero-order valence-electron chi connectivity index (χ0n) is 21.2. The van der Waals surface area contributed by atoms with Crippen LogP contribution in [0.1, 0.15) is 64.9 Å². The van der Waals surface area contributed by atoms with Gasteiger partial charge in [0.05, 0.1) is 17.6 Å². The minimum Gasteiger partial charge on any atom is -0.497 e. The van der Waals surface area contributed by atoms with E-state index in [1.165, 1.54) is 30.0 Å². The Morgan fingerprint density at radius 2 is 1.66 bits per heavy atom. The zero-order chi connectivity index (χ0) is 25.5. The molecule has 1 aliphatic rings. The first-order chi connectivity index (χ1) is 16.6. The van der Waals surface area contributed by atoms with Crippen LogP contribution in [0.2, 0.25) is 0 Å². The van der Waals surface area contributed by atoms with Crippen LogP contribution in [0.3, 0.4) is 0 Å². The number of amides is 1. The molecule has 0 saturated heterocycles. The van der Waals surface area contributed by atoms with Crippen molar-refractivity contribution < 1.29 is 22.8 Å². The summed E-state index contributed by atoms with van der Waals surface area (Å²) in [6.07, 6.45) is 5.81. The molecule has 1 amide bonds. The highest BCUT2D eigenvalue weighted by Gasteiger charge is 2.38. The molecule has 0 heterocycles. The third-order valence-electron chi connectivity index (χ3n) is 6.24. The Hall–Kier alpha value is -2.42. The predicted molar refractivity (Wildman–Crippen MR) is 136 cm³/mol. The second-order valence-corrected chi connectivity index (χ2v) is 12.0. The number of hydrogen-bond donors (Lipinski definition) is 1. The van der Waals surface area contributed by atoms with E-state index in [1.54, 1.807) is 12.1 Å². The molecule has 1 fully saturated rings. The van der Waals surface area contributed by atoms with Gasteiger partial charge in [-0.15, -0.1) is 0 Å². The number of sulfonamides is 1. The maximum atomic E-state index is 14.0. The van der Waals surface area contributed by atoms with E-state index in [-0.39, 0.29) is 17.4 Å². The van der Waals surface area contributed by atoms with E-state index in [9.17, 15) is 13.2 Å². The number of carbonyl (C=O) groups is 1. The molecule has 35 heavy (non-hydrogen) atoms. The van der Waals surface area contributed by atoms with Crippen molar-refractivity contribution in [3.8, 4) is 5.75 Å². The quantitative estimate of drug-likeness (QED) is 0.459. The van der Waals surface area contributed by atoms with Gasteiger partial charge in [0.25, 0.3) is 5.91 Å². The number of nitrogens with one attached hydrogen (secondary N) is 1. The number of rotatable bonds is 10. The standard InChI is InChI=1S/C27H38N2O5S/c1-27(2,3)34-28-26(30)25(19-21-11-7-5-8-12-21)29(20-22-13-9-6-10-14-22)35(31,32)24-17-15-23(33-4)16-18-24/h6,9-10,13-18,21,25H,5,7-8,11-12,19-20H2,1-4H3,(H,28,30)/t25-/m1/s1. The Morgan fingerprint density at radius 3 is 2.23 bits per heavy atom.